The molecule has 1 fully saturated rings. The van der Waals surface area contributed by atoms with E-state index >= 15 is 0 Å². The normalized spacial score (nSPS) is 23.6. The Hall–Kier alpha value is 0.240. The first-order valence-electron chi connectivity index (χ1n) is 5.27. The lowest BCUT2D eigenvalue weighted by Gasteiger charge is -2.00. The van der Waals surface area contributed by atoms with Gasteiger partial charge in [0.1, 0.15) is 0 Å². The van der Waals surface area contributed by atoms with E-state index in [-0.39, 0.29) is 12.4 Å². The van der Waals surface area contributed by atoms with Gasteiger partial charge in [0.2, 0.25) is 0 Å². The molecule has 1 N–H and O–H groups in total. The molecule has 0 aliphatic heterocycles. The summed E-state index contributed by atoms with van der Waals surface area (Å²) in [7, 11) is 0. The molecule has 2 atom stereocenters. The van der Waals surface area contributed by atoms with Crippen molar-refractivity contribution in [1.29, 1.82) is 0 Å². The topological polar surface area (TPSA) is 12.0 Å². The minimum Gasteiger partial charge on any atom is -0.309 e. The summed E-state index contributed by atoms with van der Waals surface area (Å²) in [4.78, 5) is 1.34. The SMILES string of the molecule is CCCC1CC1NCc1ccc(Cl)s1.Cl. The summed E-state index contributed by atoms with van der Waals surface area (Å²) >= 11 is 7.54. The van der Waals surface area contributed by atoms with Crippen LogP contribution in [0.15, 0.2) is 12.1 Å². The van der Waals surface area contributed by atoms with Crippen molar-refractivity contribution >= 4 is 35.3 Å². The highest BCUT2D eigenvalue weighted by Crippen LogP contribution is 2.35. The summed E-state index contributed by atoms with van der Waals surface area (Å²) in [6.07, 6.45) is 4.06. The van der Waals surface area contributed by atoms with Crippen molar-refractivity contribution in [3.8, 4) is 0 Å². The Balaban J connectivity index is 0.00000112. The number of thiophene rings is 1. The molecule has 0 spiro atoms. The van der Waals surface area contributed by atoms with Crippen LogP contribution in [0.5, 0.6) is 0 Å². The van der Waals surface area contributed by atoms with Gasteiger partial charge >= 0.3 is 0 Å². The molecular formula is C11H17Cl2NS. The molecule has 1 aromatic heterocycles. The van der Waals surface area contributed by atoms with Crippen molar-refractivity contribution in [3.05, 3.63) is 21.3 Å². The first-order chi connectivity index (χ1) is 6.79. The van der Waals surface area contributed by atoms with Gasteiger partial charge in [-0.3, -0.25) is 0 Å². The summed E-state index contributed by atoms with van der Waals surface area (Å²) in [6, 6.07) is 4.85. The lowest BCUT2D eigenvalue weighted by Crippen LogP contribution is -2.16. The molecule has 0 radical (unpaired) electrons. The number of hydrogen-bond acceptors (Lipinski definition) is 2. The fraction of sp³-hybridized carbons (Fsp3) is 0.636. The van der Waals surface area contributed by atoms with Crippen LogP contribution in [0.4, 0.5) is 0 Å². The first-order valence-corrected chi connectivity index (χ1v) is 6.46. The molecule has 86 valence electrons. The third-order valence-electron chi connectivity index (χ3n) is 2.75. The Labute approximate surface area is 107 Å². The first kappa shape index (κ1) is 13.3. The smallest absolute Gasteiger partial charge is 0.0931 e. The number of hydrogen-bond donors (Lipinski definition) is 1. The number of halogens is 2. The monoisotopic (exact) mass is 265 g/mol. The standard InChI is InChI=1S/C11H16ClNS.ClH/c1-2-3-8-6-10(8)13-7-9-4-5-11(12)14-9;/h4-5,8,10,13H,2-3,6-7H2,1H3;1H. The molecule has 1 heterocycles. The Morgan fingerprint density at radius 2 is 2.33 bits per heavy atom. The van der Waals surface area contributed by atoms with Crippen molar-refractivity contribution in [2.24, 2.45) is 5.92 Å². The van der Waals surface area contributed by atoms with Crippen molar-refractivity contribution in [2.45, 2.75) is 38.8 Å². The predicted molar refractivity (Wildman–Crippen MR) is 70.2 cm³/mol. The number of nitrogens with one attached hydrogen (secondary N) is 1. The van der Waals surface area contributed by atoms with Crippen molar-refractivity contribution in [2.75, 3.05) is 0 Å². The second-order valence-corrected chi connectivity index (χ2v) is 5.78. The van der Waals surface area contributed by atoms with Crippen LogP contribution in [0.2, 0.25) is 4.34 Å². The highest BCUT2D eigenvalue weighted by molar-refractivity contribution is 7.16. The molecule has 0 saturated heterocycles. The molecule has 1 aromatic rings. The van der Waals surface area contributed by atoms with Crippen molar-refractivity contribution in [3.63, 3.8) is 0 Å². The second-order valence-electron chi connectivity index (χ2n) is 3.98. The summed E-state index contributed by atoms with van der Waals surface area (Å²) in [5.74, 6) is 0.940. The molecule has 1 saturated carbocycles. The van der Waals surface area contributed by atoms with E-state index in [1.165, 1.54) is 24.1 Å². The molecular weight excluding hydrogens is 249 g/mol. The molecule has 1 nitrogen and oxygen atoms in total. The Morgan fingerprint density at radius 3 is 2.93 bits per heavy atom. The van der Waals surface area contributed by atoms with E-state index in [0.717, 1.165) is 22.8 Å². The average molecular weight is 266 g/mol. The highest BCUT2D eigenvalue weighted by atomic mass is 35.5. The van der Waals surface area contributed by atoms with E-state index in [1.807, 2.05) is 6.07 Å². The van der Waals surface area contributed by atoms with Gasteiger partial charge in [0.15, 0.2) is 0 Å². The molecule has 0 amide bonds. The predicted octanol–water partition coefficient (Wildman–Crippen LogP) is 4.10. The summed E-state index contributed by atoms with van der Waals surface area (Å²) in [6.45, 7) is 3.25. The maximum atomic E-state index is 5.86. The van der Waals surface area contributed by atoms with Gasteiger partial charge in [0.25, 0.3) is 0 Å². The fourth-order valence-corrected chi connectivity index (χ4v) is 2.90. The lowest BCUT2D eigenvalue weighted by molar-refractivity contribution is 0.602. The van der Waals surface area contributed by atoms with Crippen LogP contribution in [0, 0.1) is 5.92 Å². The second kappa shape index (κ2) is 6.09. The van der Waals surface area contributed by atoms with Crippen LogP contribution in [-0.2, 0) is 6.54 Å². The quantitative estimate of drug-likeness (QED) is 0.846. The third-order valence-corrected chi connectivity index (χ3v) is 3.98. The van der Waals surface area contributed by atoms with Crippen LogP contribution in [-0.4, -0.2) is 6.04 Å². The average Bonchev–Trinajstić information content (AvgIpc) is 2.77. The molecule has 0 aromatic carbocycles. The maximum Gasteiger partial charge on any atom is 0.0931 e. The zero-order valence-corrected chi connectivity index (χ0v) is 11.2. The highest BCUT2D eigenvalue weighted by Gasteiger charge is 2.35. The Bertz CT molecular complexity index is 301. The van der Waals surface area contributed by atoms with Gasteiger partial charge < -0.3 is 5.32 Å². The van der Waals surface area contributed by atoms with E-state index in [4.69, 9.17) is 11.6 Å². The van der Waals surface area contributed by atoms with Gasteiger partial charge in [-0.2, -0.15) is 0 Å². The molecule has 2 rings (SSSR count). The van der Waals surface area contributed by atoms with Crippen molar-refractivity contribution < 1.29 is 0 Å². The van der Waals surface area contributed by atoms with E-state index in [0.29, 0.717) is 0 Å². The molecule has 1 aliphatic rings. The van der Waals surface area contributed by atoms with E-state index < -0.39 is 0 Å². The van der Waals surface area contributed by atoms with Gasteiger partial charge in [0, 0.05) is 17.5 Å². The summed E-state index contributed by atoms with van der Waals surface area (Å²) in [5, 5.41) is 3.57. The molecule has 2 unspecified atom stereocenters. The van der Waals surface area contributed by atoms with Gasteiger partial charge in [-0.25, -0.2) is 0 Å². The molecule has 15 heavy (non-hydrogen) atoms. The fourth-order valence-electron chi connectivity index (χ4n) is 1.87. The van der Waals surface area contributed by atoms with Crippen LogP contribution < -0.4 is 5.32 Å². The van der Waals surface area contributed by atoms with Crippen LogP contribution in [0.3, 0.4) is 0 Å². The van der Waals surface area contributed by atoms with Crippen LogP contribution in [0.25, 0.3) is 0 Å². The molecule has 0 bridgehead atoms. The van der Waals surface area contributed by atoms with Gasteiger partial charge in [-0.15, -0.1) is 23.7 Å². The molecule has 4 heteroatoms. The van der Waals surface area contributed by atoms with Crippen LogP contribution >= 0.6 is 35.3 Å². The largest absolute Gasteiger partial charge is 0.309 e. The molecule has 1 aliphatic carbocycles. The summed E-state index contributed by atoms with van der Waals surface area (Å²) < 4.78 is 0.891. The zero-order valence-electron chi connectivity index (χ0n) is 8.83. The minimum atomic E-state index is 0. The number of rotatable bonds is 5. The maximum absolute atomic E-state index is 5.86. The minimum absolute atomic E-state index is 0. The Morgan fingerprint density at radius 1 is 1.53 bits per heavy atom. The van der Waals surface area contributed by atoms with E-state index in [1.54, 1.807) is 11.3 Å². The lowest BCUT2D eigenvalue weighted by atomic mass is 10.2. The third kappa shape index (κ3) is 3.95. The van der Waals surface area contributed by atoms with E-state index in [9.17, 15) is 0 Å². The van der Waals surface area contributed by atoms with Gasteiger partial charge in [-0.05, 0) is 30.9 Å². The van der Waals surface area contributed by atoms with Crippen LogP contribution in [0.1, 0.15) is 31.1 Å². The van der Waals surface area contributed by atoms with Gasteiger partial charge in [-0.1, -0.05) is 24.9 Å². The van der Waals surface area contributed by atoms with Gasteiger partial charge in [0.05, 0.1) is 4.34 Å². The Kier molecular flexibility index (Phi) is 5.41. The van der Waals surface area contributed by atoms with E-state index in [2.05, 4.69) is 18.3 Å². The summed E-state index contributed by atoms with van der Waals surface area (Å²) in [5.41, 5.74) is 0. The zero-order chi connectivity index (χ0) is 9.97. The van der Waals surface area contributed by atoms with Crippen molar-refractivity contribution in [1.82, 2.24) is 5.32 Å².